The fraction of sp³-hybridized carbons (Fsp3) is 0.889. The predicted octanol–water partition coefficient (Wildman–Crippen LogP) is 1.30. The van der Waals surface area contributed by atoms with Crippen LogP contribution < -0.4 is 5.43 Å². The molecule has 1 aliphatic heterocycles. The van der Waals surface area contributed by atoms with Gasteiger partial charge in [0.1, 0.15) is 0 Å². The highest BCUT2D eigenvalue weighted by atomic mass is 16.2. The number of amides is 1. The summed E-state index contributed by atoms with van der Waals surface area (Å²) in [6.07, 6.45) is 5.31. The van der Waals surface area contributed by atoms with E-state index in [1.807, 2.05) is 11.9 Å². The first-order chi connectivity index (χ1) is 5.83. The lowest BCUT2D eigenvalue weighted by Crippen LogP contribution is -2.44. The van der Waals surface area contributed by atoms with Crippen LogP contribution in [0.15, 0.2) is 0 Å². The normalized spacial score (nSPS) is 19.1. The van der Waals surface area contributed by atoms with Gasteiger partial charge in [-0.25, -0.2) is 5.01 Å². The van der Waals surface area contributed by atoms with Crippen molar-refractivity contribution in [2.24, 2.45) is 0 Å². The van der Waals surface area contributed by atoms with Gasteiger partial charge < -0.3 is 0 Å². The highest BCUT2D eigenvalue weighted by Crippen LogP contribution is 2.05. The third-order valence-corrected chi connectivity index (χ3v) is 2.12. The zero-order chi connectivity index (χ0) is 8.81. The van der Waals surface area contributed by atoms with Gasteiger partial charge in [-0.3, -0.25) is 10.2 Å². The van der Waals surface area contributed by atoms with E-state index >= 15 is 0 Å². The van der Waals surface area contributed by atoms with Crippen molar-refractivity contribution in [3.63, 3.8) is 0 Å². The van der Waals surface area contributed by atoms with Crippen molar-refractivity contribution in [3.8, 4) is 0 Å². The molecular weight excluding hydrogens is 152 g/mol. The van der Waals surface area contributed by atoms with E-state index in [1.165, 1.54) is 19.3 Å². The van der Waals surface area contributed by atoms with Crippen LogP contribution in [0.3, 0.4) is 0 Å². The summed E-state index contributed by atoms with van der Waals surface area (Å²) in [6.45, 7) is 4.07. The van der Waals surface area contributed by atoms with Gasteiger partial charge in [-0.2, -0.15) is 0 Å². The molecule has 0 spiro atoms. The number of hydrogen-bond donors (Lipinski definition) is 1. The molecule has 70 valence electrons. The minimum absolute atomic E-state index is 0.166. The summed E-state index contributed by atoms with van der Waals surface area (Å²) < 4.78 is 0. The van der Waals surface area contributed by atoms with Gasteiger partial charge >= 0.3 is 0 Å². The first-order valence-corrected chi connectivity index (χ1v) is 4.87. The third kappa shape index (κ3) is 3.22. The highest BCUT2D eigenvalue weighted by Gasteiger charge is 2.11. The SMILES string of the molecule is CCCC(=O)NN1CCCCC1. The third-order valence-electron chi connectivity index (χ3n) is 2.12. The molecule has 0 aromatic heterocycles. The molecule has 0 atom stereocenters. The Morgan fingerprint density at radius 3 is 2.58 bits per heavy atom. The number of hydrogen-bond acceptors (Lipinski definition) is 2. The fourth-order valence-corrected chi connectivity index (χ4v) is 1.47. The van der Waals surface area contributed by atoms with Crippen molar-refractivity contribution in [1.29, 1.82) is 0 Å². The Bertz CT molecular complexity index is 141. The molecule has 12 heavy (non-hydrogen) atoms. The molecule has 1 rings (SSSR count). The number of hydrazine groups is 1. The summed E-state index contributed by atoms with van der Waals surface area (Å²) in [5.41, 5.74) is 2.91. The van der Waals surface area contributed by atoms with E-state index in [2.05, 4.69) is 5.43 Å². The Morgan fingerprint density at radius 1 is 1.33 bits per heavy atom. The van der Waals surface area contributed by atoms with Crippen LogP contribution in [0.4, 0.5) is 0 Å². The lowest BCUT2D eigenvalue weighted by molar-refractivity contribution is -0.126. The zero-order valence-corrected chi connectivity index (χ0v) is 7.81. The predicted molar refractivity (Wildman–Crippen MR) is 48.5 cm³/mol. The second-order valence-electron chi connectivity index (χ2n) is 3.33. The van der Waals surface area contributed by atoms with E-state index < -0.39 is 0 Å². The van der Waals surface area contributed by atoms with Crippen molar-refractivity contribution < 1.29 is 4.79 Å². The molecule has 0 radical (unpaired) electrons. The second kappa shape index (κ2) is 5.14. The van der Waals surface area contributed by atoms with Gasteiger partial charge in [-0.15, -0.1) is 0 Å². The quantitative estimate of drug-likeness (QED) is 0.692. The van der Waals surface area contributed by atoms with Crippen LogP contribution >= 0.6 is 0 Å². The first-order valence-electron chi connectivity index (χ1n) is 4.87. The monoisotopic (exact) mass is 170 g/mol. The molecular formula is C9H18N2O. The van der Waals surface area contributed by atoms with E-state index in [-0.39, 0.29) is 5.91 Å². The largest absolute Gasteiger partial charge is 0.289 e. The Kier molecular flexibility index (Phi) is 4.08. The molecule has 0 aromatic rings. The molecule has 1 heterocycles. The Balaban J connectivity index is 2.15. The van der Waals surface area contributed by atoms with Gasteiger partial charge in [0.15, 0.2) is 0 Å². The number of piperidine rings is 1. The second-order valence-corrected chi connectivity index (χ2v) is 3.33. The molecule has 3 heteroatoms. The maximum atomic E-state index is 11.2. The molecule has 1 N–H and O–H groups in total. The van der Waals surface area contributed by atoms with Gasteiger partial charge in [0.05, 0.1) is 0 Å². The number of carbonyl (C=O) groups excluding carboxylic acids is 1. The van der Waals surface area contributed by atoms with Crippen LogP contribution in [0.5, 0.6) is 0 Å². The molecule has 0 bridgehead atoms. The molecule has 1 fully saturated rings. The van der Waals surface area contributed by atoms with Crippen molar-refractivity contribution in [1.82, 2.24) is 10.4 Å². The van der Waals surface area contributed by atoms with Crippen LogP contribution in [-0.2, 0) is 4.79 Å². The highest BCUT2D eigenvalue weighted by molar-refractivity contribution is 5.75. The van der Waals surface area contributed by atoms with Gasteiger partial charge in [0.25, 0.3) is 0 Å². The minimum atomic E-state index is 0.166. The van der Waals surface area contributed by atoms with Crippen molar-refractivity contribution in [3.05, 3.63) is 0 Å². The zero-order valence-electron chi connectivity index (χ0n) is 7.81. The average Bonchev–Trinajstić information content (AvgIpc) is 2.06. The summed E-state index contributed by atoms with van der Waals surface area (Å²) in [4.78, 5) is 11.2. The average molecular weight is 170 g/mol. The van der Waals surface area contributed by atoms with Gasteiger partial charge in [-0.1, -0.05) is 13.3 Å². The van der Waals surface area contributed by atoms with E-state index in [4.69, 9.17) is 0 Å². The topological polar surface area (TPSA) is 32.3 Å². The Hall–Kier alpha value is -0.570. The maximum absolute atomic E-state index is 11.2. The molecule has 1 amide bonds. The van der Waals surface area contributed by atoms with E-state index in [0.29, 0.717) is 6.42 Å². The van der Waals surface area contributed by atoms with E-state index in [9.17, 15) is 4.79 Å². The number of rotatable bonds is 3. The fourth-order valence-electron chi connectivity index (χ4n) is 1.47. The van der Waals surface area contributed by atoms with Crippen molar-refractivity contribution in [2.45, 2.75) is 39.0 Å². The number of nitrogens with one attached hydrogen (secondary N) is 1. The summed E-state index contributed by atoms with van der Waals surface area (Å²) >= 11 is 0. The first kappa shape index (κ1) is 9.52. The molecule has 0 aromatic carbocycles. The van der Waals surface area contributed by atoms with Gasteiger partial charge in [0.2, 0.25) is 5.91 Å². The number of nitrogens with zero attached hydrogens (tertiary/aromatic N) is 1. The van der Waals surface area contributed by atoms with Crippen molar-refractivity contribution in [2.75, 3.05) is 13.1 Å². The Labute approximate surface area is 74.1 Å². The molecule has 0 saturated carbocycles. The summed E-state index contributed by atoms with van der Waals surface area (Å²) in [6, 6.07) is 0. The van der Waals surface area contributed by atoms with E-state index in [0.717, 1.165) is 19.5 Å². The van der Waals surface area contributed by atoms with Crippen LogP contribution in [0.25, 0.3) is 0 Å². The maximum Gasteiger partial charge on any atom is 0.234 e. The summed E-state index contributed by atoms with van der Waals surface area (Å²) in [7, 11) is 0. The number of carbonyl (C=O) groups is 1. The standard InChI is InChI=1S/C9H18N2O/c1-2-6-9(12)10-11-7-4-3-5-8-11/h2-8H2,1H3,(H,10,12). The summed E-state index contributed by atoms with van der Waals surface area (Å²) in [5, 5.41) is 2.04. The van der Waals surface area contributed by atoms with Crippen molar-refractivity contribution >= 4 is 5.91 Å². The smallest absolute Gasteiger partial charge is 0.234 e. The van der Waals surface area contributed by atoms with Gasteiger partial charge in [-0.05, 0) is 19.3 Å². The minimum Gasteiger partial charge on any atom is -0.289 e. The lowest BCUT2D eigenvalue weighted by atomic mass is 10.2. The van der Waals surface area contributed by atoms with Crippen LogP contribution in [-0.4, -0.2) is 24.0 Å². The molecule has 1 aliphatic rings. The van der Waals surface area contributed by atoms with Gasteiger partial charge in [0, 0.05) is 19.5 Å². The lowest BCUT2D eigenvalue weighted by Gasteiger charge is -2.26. The Morgan fingerprint density at radius 2 is 2.00 bits per heavy atom. The molecule has 3 nitrogen and oxygen atoms in total. The van der Waals surface area contributed by atoms with Crippen LogP contribution in [0, 0.1) is 0 Å². The van der Waals surface area contributed by atoms with E-state index in [1.54, 1.807) is 0 Å². The van der Waals surface area contributed by atoms with Crippen LogP contribution in [0.1, 0.15) is 39.0 Å². The summed E-state index contributed by atoms with van der Waals surface area (Å²) in [5.74, 6) is 0.166. The molecule has 1 saturated heterocycles. The molecule has 0 unspecified atom stereocenters. The molecule has 0 aliphatic carbocycles. The van der Waals surface area contributed by atoms with Crippen LogP contribution in [0.2, 0.25) is 0 Å².